The third kappa shape index (κ3) is 4.93. The Hall–Kier alpha value is -1.62. The molecular formula is C19H30O4Si. The molecule has 0 atom stereocenters. The maximum absolute atomic E-state index is 12.5. The van der Waals surface area contributed by atoms with Gasteiger partial charge in [-0.1, -0.05) is 44.4 Å². The second kappa shape index (κ2) is 8.47. The van der Waals surface area contributed by atoms with Gasteiger partial charge in [0.2, 0.25) is 0 Å². The monoisotopic (exact) mass is 350 g/mol. The van der Waals surface area contributed by atoms with Gasteiger partial charge >= 0.3 is 11.9 Å². The Bertz CT molecular complexity index is 534. The summed E-state index contributed by atoms with van der Waals surface area (Å²) in [6.07, 6.45) is 6.52. The number of carbonyl (C=O) groups is 2. The van der Waals surface area contributed by atoms with Crippen molar-refractivity contribution in [3.63, 3.8) is 0 Å². The van der Waals surface area contributed by atoms with Crippen LogP contribution >= 0.6 is 0 Å². The lowest BCUT2D eigenvalue weighted by Crippen LogP contribution is -2.40. The zero-order valence-electron chi connectivity index (χ0n) is 15.6. The molecule has 5 heteroatoms. The van der Waals surface area contributed by atoms with Crippen molar-refractivity contribution < 1.29 is 19.1 Å². The Labute approximate surface area is 146 Å². The fourth-order valence-corrected chi connectivity index (χ4v) is 3.60. The van der Waals surface area contributed by atoms with Gasteiger partial charge in [-0.15, -0.1) is 0 Å². The molecule has 0 bridgehead atoms. The van der Waals surface area contributed by atoms with Crippen molar-refractivity contribution >= 4 is 20.0 Å². The number of esters is 2. The quantitative estimate of drug-likeness (QED) is 0.373. The van der Waals surface area contributed by atoms with Crippen LogP contribution in [0, 0.1) is 5.41 Å². The molecule has 0 unspecified atom stereocenters. The first kappa shape index (κ1) is 20.4. The number of rotatable bonds is 8. The van der Waals surface area contributed by atoms with Gasteiger partial charge < -0.3 is 9.47 Å². The summed E-state index contributed by atoms with van der Waals surface area (Å²) in [5, 5.41) is 0. The van der Waals surface area contributed by atoms with Gasteiger partial charge in [-0.05, 0) is 43.9 Å². The Morgan fingerprint density at radius 1 is 1.08 bits per heavy atom. The first-order valence-corrected chi connectivity index (χ1v) is 12.3. The highest BCUT2D eigenvalue weighted by molar-refractivity contribution is 6.76. The lowest BCUT2D eigenvalue weighted by Gasteiger charge is -2.24. The highest BCUT2D eigenvalue weighted by atomic mass is 28.3. The van der Waals surface area contributed by atoms with Crippen LogP contribution in [0.2, 0.25) is 25.7 Å². The molecule has 1 aliphatic rings. The van der Waals surface area contributed by atoms with E-state index in [0.717, 1.165) is 17.2 Å². The molecule has 0 radical (unpaired) electrons. The van der Waals surface area contributed by atoms with E-state index in [-0.39, 0.29) is 13.2 Å². The Balaban J connectivity index is 3.09. The summed E-state index contributed by atoms with van der Waals surface area (Å²) in [5.41, 5.74) is 0.626. The Kier molecular flexibility index (Phi) is 7.20. The van der Waals surface area contributed by atoms with Crippen molar-refractivity contribution in [2.75, 3.05) is 13.2 Å². The minimum absolute atomic E-state index is 0.240. The molecule has 24 heavy (non-hydrogen) atoms. The number of ether oxygens (including phenoxy) is 2. The molecule has 0 saturated carbocycles. The minimum atomic E-state index is -1.27. The van der Waals surface area contributed by atoms with E-state index in [1.807, 2.05) is 6.08 Å². The van der Waals surface area contributed by atoms with Gasteiger partial charge in [-0.3, -0.25) is 9.59 Å². The number of allylic oxidation sites excluding steroid dienone is 5. The van der Waals surface area contributed by atoms with E-state index < -0.39 is 25.4 Å². The van der Waals surface area contributed by atoms with E-state index in [1.54, 1.807) is 19.9 Å². The fraction of sp³-hybridized carbons (Fsp3) is 0.579. The zero-order valence-corrected chi connectivity index (χ0v) is 16.6. The molecule has 0 heterocycles. The summed E-state index contributed by atoms with van der Waals surface area (Å²) < 4.78 is 10.4. The van der Waals surface area contributed by atoms with Gasteiger partial charge in [0.1, 0.15) is 0 Å². The molecule has 0 fully saturated rings. The Morgan fingerprint density at radius 2 is 1.58 bits per heavy atom. The topological polar surface area (TPSA) is 52.6 Å². The van der Waals surface area contributed by atoms with Crippen LogP contribution in [-0.2, 0) is 19.1 Å². The third-order valence-electron chi connectivity index (χ3n) is 4.02. The van der Waals surface area contributed by atoms with E-state index >= 15 is 0 Å². The predicted molar refractivity (Wildman–Crippen MR) is 99.4 cm³/mol. The molecule has 0 aromatic rings. The van der Waals surface area contributed by atoms with Gasteiger partial charge in [-0.25, -0.2) is 0 Å². The highest BCUT2D eigenvalue weighted by Gasteiger charge is 2.52. The standard InChI is InChI=1S/C19H30O4Si/c1-7-15-13-19(17(20)22-8-2,18(21)23-9-3)14-16(15)11-10-12-24(4,5)6/h7,10-11H,1,8-9,12-14H2,2-6H3/b11-10+. The molecule has 0 aromatic carbocycles. The first-order chi connectivity index (χ1) is 11.2. The molecule has 0 saturated heterocycles. The van der Waals surface area contributed by atoms with Crippen LogP contribution in [0.4, 0.5) is 0 Å². The molecule has 4 nitrogen and oxygen atoms in total. The van der Waals surface area contributed by atoms with Crippen molar-refractivity contribution in [2.45, 2.75) is 52.4 Å². The lowest BCUT2D eigenvalue weighted by atomic mass is 9.83. The first-order valence-electron chi connectivity index (χ1n) is 8.55. The van der Waals surface area contributed by atoms with Gasteiger partial charge in [0.05, 0.1) is 13.2 Å². The minimum Gasteiger partial charge on any atom is -0.465 e. The average molecular weight is 351 g/mol. The van der Waals surface area contributed by atoms with Gasteiger partial charge in [-0.2, -0.15) is 0 Å². The molecule has 1 aliphatic carbocycles. The second-order valence-electron chi connectivity index (χ2n) is 7.30. The summed E-state index contributed by atoms with van der Waals surface area (Å²) >= 11 is 0. The fourth-order valence-electron chi connectivity index (χ4n) is 2.77. The highest BCUT2D eigenvalue weighted by Crippen LogP contribution is 2.45. The van der Waals surface area contributed by atoms with Crippen LogP contribution in [0.3, 0.4) is 0 Å². The van der Waals surface area contributed by atoms with Crippen LogP contribution < -0.4 is 0 Å². The van der Waals surface area contributed by atoms with Crippen LogP contribution in [0.5, 0.6) is 0 Å². The molecule has 134 valence electrons. The van der Waals surface area contributed by atoms with Gasteiger partial charge in [0.15, 0.2) is 5.41 Å². The molecule has 0 spiro atoms. The number of carbonyl (C=O) groups excluding carboxylic acids is 2. The van der Waals surface area contributed by atoms with E-state index in [4.69, 9.17) is 9.47 Å². The summed E-state index contributed by atoms with van der Waals surface area (Å²) in [7, 11) is -1.18. The third-order valence-corrected chi connectivity index (χ3v) is 5.49. The molecule has 0 N–H and O–H groups in total. The van der Waals surface area contributed by atoms with Crippen LogP contribution in [0.25, 0.3) is 0 Å². The van der Waals surface area contributed by atoms with Crippen molar-refractivity contribution in [2.24, 2.45) is 5.41 Å². The van der Waals surface area contributed by atoms with Crippen molar-refractivity contribution in [3.8, 4) is 0 Å². The van der Waals surface area contributed by atoms with Crippen molar-refractivity contribution in [1.29, 1.82) is 0 Å². The summed E-state index contributed by atoms with van der Waals surface area (Å²) in [6, 6.07) is 1.05. The molecule has 0 aliphatic heterocycles. The second-order valence-corrected chi connectivity index (χ2v) is 12.8. The molecular weight excluding hydrogens is 320 g/mol. The summed E-state index contributed by atoms with van der Waals surface area (Å²) in [6.45, 7) is 14.7. The van der Waals surface area contributed by atoms with E-state index in [0.29, 0.717) is 12.8 Å². The Morgan fingerprint density at radius 3 is 2.00 bits per heavy atom. The number of hydrogen-bond acceptors (Lipinski definition) is 4. The van der Waals surface area contributed by atoms with Crippen LogP contribution in [-0.4, -0.2) is 33.2 Å². The van der Waals surface area contributed by atoms with Gasteiger partial charge in [0.25, 0.3) is 0 Å². The molecule has 1 rings (SSSR count). The average Bonchev–Trinajstić information content (AvgIpc) is 2.87. The van der Waals surface area contributed by atoms with E-state index in [2.05, 4.69) is 32.3 Å². The predicted octanol–water partition coefficient (Wildman–Crippen LogP) is 4.27. The van der Waals surface area contributed by atoms with E-state index in [9.17, 15) is 9.59 Å². The zero-order chi connectivity index (χ0) is 18.4. The maximum Gasteiger partial charge on any atom is 0.324 e. The smallest absolute Gasteiger partial charge is 0.324 e. The van der Waals surface area contributed by atoms with Crippen LogP contribution in [0.15, 0.2) is 36.0 Å². The van der Waals surface area contributed by atoms with E-state index in [1.165, 1.54) is 0 Å². The molecule has 0 aromatic heterocycles. The SMILES string of the molecule is C=CC1=C(/C=C/C[Si](C)(C)C)CC(C(=O)OCC)(C(=O)OCC)C1. The molecule has 0 amide bonds. The van der Waals surface area contributed by atoms with Crippen molar-refractivity contribution in [3.05, 3.63) is 36.0 Å². The summed E-state index contributed by atoms with van der Waals surface area (Å²) in [5.74, 6) is -1.01. The normalized spacial score (nSPS) is 17.2. The van der Waals surface area contributed by atoms with Crippen molar-refractivity contribution in [1.82, 2.24) is 0 Å². The van der Waals surface area contributed by atoms with Crippen LogP contribution in [0.1, 0.15) is 26.7 Å². The number of hydrogen-bond donors (Lipinski definition) is 0. The summed E-state index contributed by atoms with van der Waals surface area (Å²) in [4.78, 5) is 25.0. The lowest BCUT2D eigenvalue weighted by molar-refractivity contribution is -0.171. The van der Waals surface area contributed by atoms with Gasteiger partial charge in [0, 0.05) is 8.07 Å². The largest absolute Gasteiger partial charge is 0.465 e. The maximum atomic E-state index is 12.5.